The fourth-order valence-electron chi connectivity index (χ4n) is 8.51. The Morgan fingerprint density at radius 1 is 1.13 bits per heavy atom. The first-order chi connectivity index (χ1) is 21.2. The first kappa shape index (κ1) is 33.4. The monoisotopic (exact) mass is 633 g/mol. The van der Waals surface area contributed by atoms with E-state index in [1.807, 2.05) is 13.0 Å². The van der Waals surface area contributed by atoms with Gasteiger partial charge in [0.25, 0.3) is 5.91 Å². The van der Waals surface area contributed by atoms with Gasteiger partial charge in [0.05, 0.1) is 11.9 Å². The summed E-state index contributed by atoms with van der Waals surface area (Å²) in [6.07, 6.45) is 3.95. The normalized spacial score (nSPS) is 34.2. The van der Waals surface area contributed by atoms with Crippen molar-refractivity contribution >= 4 is 47.7 Å². The van der Waals surface area contributed by atoms with Crippen molar-refractivity contribution in [2.24, 2.45) is 34.0 Å². The molecular weight excluding hydrogens is 589 g/mol. The largest absolute Gasteiger partial charge is 0.488 e. The van der Waals surface area contributed by atoms with Gasteiger partial charge < -0.3 is 25.2 Å². The van der Waals surface area contributed by atoms with Crippen LogP contribution in [0.25, 0.3) is 0 Å². The van der Waals surface area contributed by atoms with Crippen molar-refractivity contribution in [2.75, 3.05) is 11.1 Å². The second-order valence-electron chi connectivity index (χ2n) is 13.8. The van der Waals surface area contributed by atoms with Crippen LogP contribution >= 0.6 is 11.8 Å². The highest BCUT2D eigenvalue weighted by Crippen LogP contribution is 2.68. The van der Waals surface area contributed by atoms with E-state index in [-0.39, 0.29) is 46.1 Å². The van der Waals surface area contributed by atoms with E-state index < -0.39 is 36.1 Å². The maximum Gasteiger partial charge on any atom is 0.488 e. The van der Waals surface area contributed by atoms with E-state index in [2.05, 4.69) is 32.7 Å². The van der Waals surface area contributed by atoms with E-state index in [9.17, 15) is 29.5 Å². The maximum atomic E-state index is 13.6. The number of ketones is 1. The molecule has 1 amide bonds. The standard InChI is InChI=1S/C35H44BNO7S/c1-6-33(4)19-28(34(5)21(2)14-16-35(22(3)31(33)40)17-15-27(38)30(34)35)44-29(39)20-45-26-9-7-8-25(18-26)37-32(41)23-10-12-24(13-11-23)36(42)43/h6-13,18,21-22,28,30-31,40,42-43H,1,14-17,19-20H2,2-5H3,(H,37,41)/t21-,22+,28-,30+,31+,33-,34+,35+/m1/s1. The number of hydrogen-bond acceptors (Lipinski definition) is 8. The van der Waals surface area contributed by atoms with Gasteiger partial charge in [0, 0.05) is 39.3 Å². The van der Waals surface area contributed by atoms with Gasteiger partial charge in [-0.3, -0.25) is 14.4 Å². The number of carbonyl (C=O) groups excluding carboxylic acids is 3. The van der Waals surface area contributed by atoms with Gasteiger partial charge in [0.15, 0.2) is 0 Å². The molecule has 0 radical (unpaired) electrons. The molecule has 0 aromatic heterocycles. The van der Waals surface area contributed by atoms with Crippen molar-refractivity contribution in [2.45, 2.75) is 76.9 Å². The maximum absolute atomic E-state index is 13.6. The number of amides is 1. The molecule has 4 N–H and O–H groups in total. The molecule has 0 unspecified atom stereocenters. The molecule has 0 aliphatic heterocycles. The molecule has 8 atom stereocenters. The fraction of sp³-hybridized carbons (Fsp3) is 0.514. The number of hydrogen-bond donors (Lipinski definition) is 4. The molecule has 2 aromatic rings. The van der Waals surface area contributed by atoms with Crippen LogP contribution in [0.5, 0.6) is 0 Å². The highest BCUT2D eigenvalue weighted by Gasteiger charge is 2.68. The molecule has 10 heteroatoms. The number of benzene rings is 2. The smallest absolute Gasteiger partial charge is 0.461 e. The minimum Gasteiger partial charge on any atom is -0.461 e. The van der Waals surface area contributed by atoms with Crippen molar-refractivity contribution < 1.29 is 34.3 Å². The second kappa shape index (κ2) is 12.7. The van der Waals surface area contributed by atoms with E-state index in [0.717, 1.165) is 24.2 Å². The van der Waals surface area contributed by atoms with Crippen LogP contribution < -0.4 is 10.8 Å². The first-order valence-electron chi connectivity index (χ1n) is 15.8. The molecule has 0 spiro atoms. The first-order valence-corrected chi connectivity index (χ1v) is 16.8. The van der Waals surface area contributed by atoms with Crippen LogP contribution in [0.1, 0.15) is 70.2 Å². The lowest BCUT2D eigenvalue weighted by Crippen LogP contribution is -2.63. The lowest BCUT2D eigenvalue weighted by molar-refractivity contribution is -0.205. The summed E-state index contributed by atoms with van der Waals surface area (Å²) in [6, 6.07) is 13.2. The van der Waals surface area contributed by atoms with Crippen molar-refractivity contribution in [3.8, 4) is 0 Å². The number of ether oxygens (including phenoxy) is 1. The Balaban J connectivity index is 1.31. The van der Waals surface area contributed by atoms with Gasteiger partial charge in [0.2, 0.25) is 0 Å². The average molecular weight is 634 g/mol. The zero-order chi connectivity index (χ0) is 32.7. The summed E-state index contributed by atoms with van der Waals surface area (Å²) in [5.74, 6) is -0.688. The van der Waals surface area contributed by atoms with Crippen molar-refractivity contribution in [3.63, 3.8) is 0 Å². The summed E-state index contributed by atoms with van der Waals surface area (Å²) in [5.41, 5.74) is -0.380. The Labute approximate surface area is 270 Å². The Morgan fingerprint density at radius 2 is 1.84 bits per heavy atom. The number of aliphatic hydroxyl groups excluding tert-OH is 1. The molecule has 8 nitrogen and oxygen atoms in total. The van der Waals surface area contributed by atoms with E-state index in [1.165, 1.54) is 36.0 Å². The number of esters is 1. The van der Waals surface area contributed by atoms with Gasteiger partial charge in [-0.05, 0) is 78.7 Å². The molecule has 0 saturated heterocycles. The Morgan fingerprint density at radius 3 is 2.51 bits per heavy atom. The lowest BCUT2D eigenvalue weighted by Gasteiger charge is -2.61. The van der Waals surface area contributed by atoms with Crippen LogP contribution in [0, 0.1) is 34.0 Å². The fourth-order valence-corrected chi connectivity index (χ4v) is 9.25. The summed E-state index contributed by atoms with van der Waals surface area (Å²) in [5, 5.41) is 33.1. The van der Waals surface area contributed by atoms with Crippen LogP contribution in [-0.2, 0) is 14.3 Å². The Kier molecular flexibility index (Phi) is 9.44. The summed E-state index contributed by atoms with van der Waals surface area (Å²) < 4.78 is 6.34. The molecule has 3 aliphatic rings. The molecule has 0 heterocycles. The number of aliphatic hydroxyl groups is 1. The topological polar surface area (TPSA) is 133 Å². The number of anilines is 1. The van der Waals surface area contributed by atoms with Crippen LogP contribution in [0.15, 0.2) is 66.1 Å². The number of nitrogens with one attached hydrogen (secondary N) is 1. The molecule has 240 valence electrons. The van der Waals surface area contributed by atoms with Crippen LogP contribution in [-0.4, -0.2) is 57.9 Å². The summed E-state index contributed by atoms with van der Waals surface area (Å²) in [4.78, 5) is 40.6. The van der Waals surface area contributed by atoms with Crippen LogP contribution in [0.3, 0.4) is 0 Å². The molecule has 3 aliphatic carbocycles. The quantitative estimate of drug-likeness (QED) is 0.143. The SMILES string of the molecule is C=C[C@]1(C)C[C@@H](OC(=O)CSc2cccc(NC(=O)c3ccc(B(O)O)cc3)c2)[C@]2(C)[C@H](C)CC[C@]3(CCC(=O)[C@H]32)[C@@H](C)[C@@H]1O. The molecule has 2 bridgehead atoms. The number of rotatable bonds is 8. The minimum absolute atomic E-state index is 0.0385. The van der Waals surface area contributed by atoms with E-state index in [1.54, 1.807) is 24.3 Å². The van der Waals surface area contributed by atoms with E-state index in [0.29, 0.717) is 24.1 Å². The third-order valence-corrected chi connectivity index (χ3v) is 12.5. The van der Waals surface area contributed by atoms with Gasteiger partial charge in [-0.1, -0.05) is 52.0 Å². The van der Waals surface area contributed by atoms with Gasteiger partial charge in [-0.2, -0.15) is 0 Å². The molecular formula is C35H44BNO7S. The highest BCUT2D eigenvalue weighted by molar-refractivity contribution is 8.00. The third-order valence-electron chi connectivity index (χ3n) is 11.5. The molecule has 5 rings (SSSR count). The average Bonchev–Trinajstić information content (AvgIpc) is 3.38. The zero-order valence-corrected chi connectivity index (χ0v) is 27.3. The molecule has 3 saturated carbocycles. The minimum atomic E-state index is -1.61. The van der Waals surface area contributed by atoms with Crippen molar-refractivity contribution in [3.05, 3.63) is 66.7 Å². The molecule has 45 heavy (non-hydrogen) atoms. The summed E-state index contributed by atoms with van der Waals surface area (Å²) >= 11 is 1.30. The van der Waals surface area contributed by atoms with E-state index >= 15 is 0 Å². The zero-order valence-electron chi connectivity index (χ0n) is 26.5. The number of carbonyl (C=O) groups is 3. The molecule has 3 fully saturated rings. The van der Waals surface area contributed by atoms with Crippen LogP contribution in [0.4, 0.5) is 5.69 Å². The number of Topliss-reactive ketones (excluding diaryl/α,β-unsaturated/α-hetero) is 1. The number of thioether (sulfide) groups is 1. The third kappa shape index (κ3) is 6.02. The second-order valence-corrected chi connectivity index (χ2v) is 14.9. The Hall–Kier alpha value is -2.92. The summed E-state index contributed by atoms with van der Waals surface area (Å²) in [6.45, 7) is 12.4. The predicted molar refractivity (Wildman–Crippen MR) is 176 cm³/mol. The summed E-state index contributed by atoms with van der Waals surface area (Å²) in [7, 11) is -1.61. The Bertz CT molecular complexity index is 1470. The van der Waals surface area contributed by atoms with Gasteiger partial charge in [-0.15, -0.1) is 18.3 Å². The van der Waals surface area contributed by atoms with Crippen molar-refractivity contribution in [1.29, 1.82) is 0 Å². The van der Waals surface area contributed by atoms with Gasteiger partial charge in [-0.25, -0.2) is 0 Å². The molecule has 2 aromatic carbocycles. The van der Waals surface area contributed by atoms with E-state index in [4.69, 9.17) is 4.74 Å². The van der Waals surface area contributed by atoms with Gasteiger partial charge >= 0.3 is 13.1 Å². The van der Waals surface area contributed by atoms with Crippen molar-refractivity contribution in [1.82, 2.24) is 0 Å². The van der Waals surface area contributed by atoms with Crippen LogP contribution in [0.2, 0.25) is 0 Å². The highest BCUT2D eigenvalue weighted by atomic mass is 32.2. The lowest BCUT2D eigenvalue weighted by atomic mass is 9.44. The predicted octanol–water partition coefficient (Wildman–Crippen LogP) is 4.62. The van der Waals surface area contributed by atoms with Gasteiger partial charge in [0.1, 0.15) is 11.9 Å².